The average Bonchev–Trinajstić information content (AvgIpc) is 3.15. The fourth-order valence-corrected chi connectivity index (χ4v) is 2.58. The predicted octanol–water partition coefficient (Wildman–Crippen LogP) is 2.76. The van der Waals surface area contributed by atoms with Crippen molar-refractivity contribution in [3.05, 3.63) is 83.6 Å². The summed E-state index contributed by atoms with van der Waals surface area (Å²) in [5.74, 6) is -0.0797. The number of carbonyl (C=O) groups excluding carboxylic acids is 2. The normalized spacial score (nSPS) is 11.6. The Morgan fingerprint density at radius 3 is 2.42 bits per heavy atom. The first-order chi connectivity index (χ1) is 12.6. The van der Waals surface area contributed by atoms with Crippen molar-refractivity contribution in [3.8, 4) is 0 Å². The molecule has 2 amide bonds. The van der Waals surface area contributed by atoms with Crippen molar-refractivity contribution >= 4 is 17.6 Å². The van der Waals surface area contributed by atoms with Gasteiger partial charge < -0.3 is 10.6 Å². The number of benzene rings is 2. The van der Waals surface area contributed by atoms with Crippen LogP contribution in [0.3, 0.4) is 0 Å². The van der Waals surface area contributed by atoms with Crippen molar-refractivity contribution in [2.75, 3.05) is 5.32 Å². The number of amides is 2. The molecule has 3 aromatic rings. The predicted molar refractivity (Wildman–Crippen MR) is 99.4 cm³/mol. The third-order valence-electron chi connectivity index (χ3n) is 3.94. The third-order valence-corrected chi connectivity index (χ3v) is 3.94. The molecule has 6 nitrogen and oxygen atoms in total. The van der Waals surface area contributed by atoms with E-state index in [2.05, 4.69) is 20.8 Å². The Balaban J connectivity index is 1.73. The highest BCUT2D eigenvalue weighted by Gasteiger charge is 2.23. The van der Waals surface area contributed by atoms with Crippen molar-refractivity contribution in [2.45, 2.75) is 19.4 Å². The lowest BCUT2D eigenvalue weighted by Crippen LogP contribution is -2.37. The minimum absolute atomic E-state index is 0.209. The zero-order chi connectivity index (χ0) is 18.4. The first kappa shape index (κ1) is 17.4. The van der Waals surface area contributed by atoms with Crippen LogP contribution >= 0.6 is 0 Å². The smallest absolute Gasteiger partial charge is 0.252 e. The molecule has 0 saturated heterocycles. The van der Waals surface area contributed by atoms with E-state index < -0.39 is 6.04 Å². The van der Waals surface area contributed by atoms with Crippen molar-refractivity contribution in [1.29, 1.82) is 0 Å². The van der Waals surface area contributed by atoms with Crippen LogP contribution in [0.25, 0.3) is 0 Å². The Morgan fingerprint density at radius 2 is 1.77 bits per heavy atom. The van der Waals surface area contributed by atoms with Crippen LogP contribution in [-0.4, -0.2) is 22.0 Å². The van der Waals surface area contributed by atoms with E-state index in [9.17, 15) is 9.59 Å². The molecule has 132 valence electrons. The molecule has 0 aliphatic heterocycles. The van der Waals surface area contributed by atoms with Gasteiger partial charge in [-0.1, -0.05) is 60.2 Å². The van der Waals surface area contributed by atoms with Gasteiger partial charge in [-0.2, -0.15) is 5.10 Å². The summed E-state index contributed by atoms with van der Waals surface area (Å²) in [4.78, 5) is 25.1. The summed E-state index contributed by atoms with van der Waals surface area (Å²) in [5.41, 5.74) is 2.74. The second-order valence-electron chi connectivity index (χ2n) is 6.03. The largest absolute Gasteiger partial charge is 0.340 e. The van der Waals surface area contributed by atoms with E-state index in [-0.39, 0.29) is 18.2 Å². The minimum Gasteiger partial charge on any atom is -0.340 e. The number of anilines is 1. The lowest BCUT2D eigenvalue weighted by Gasteiger charge is -2.18. The van der Waals surface area contributed by atoms with Gasteiger partial charge in [0.05, 0.1) is 12.6 Å². The van der Waals surface area contributed by atoms with Crippen LogP contribution < -0.4 is 10.6 Å². The molecular weight excluding hydrogens is 328 g/mol. The Morgan fingerprint density at radius 1 is 1.04 bits per heavy atom. The summed E-state index contributed by atoms with van der Waals surface area (Å²) >= 11 is 0. The Kier molecular flexibility index (Phi) is 5.43. The number of H-pyrrole nitrogens is 1. The molecule has 0 aliphatic carbocycles. The van der Waals surface area contributed by atoms with Gasteiger partial charge in [-0.25, -0.2) is 0 Å². The maximum absolute atomic E-state index is 12.7. The number of rotatable bonds is 6. The van der Waals surface area contributed by atoms with E-state index in [0.29, 0.717) is 11.4 Å². The summed E-state index contributed by atoms with van der Waals surface area (Å²) in [5, 5.41) is 12.0. The zero-order valence-electron chi connectivity index (χ0n) is 14.4. The molecule has 1 atom stereocenters. The number of aromatic amines is 1. The van der Waals surface area contributed by atoms with E-state index in [0.717, 1.165) is 11.1 Å². The molecule has 26 heavy (non-hydrogen) atoms. The van der Waals surface area contributed by atoms with Gasteiger partial charge in [0.25, 0.3) is 5.91 Å². The second kappa shape index (κ2) is 8.11. The second-order valence-corrected chi connectivity index (χ2v) is 6.03. The van der Waals surface area contributed by atoms with E-state index in [1.165, 1.54) is 0 Å². The van der Waals surface area contributed by atoms with E-state index in [4.69, 9.17) is 0 Å². The lowest BCUT2D eigenvalue weighted by molar-refractivity contribution is -0.126. The van der Waals surface area contributed by atoms with Gasteiger partial charge in [-0.3, -0.25) is 14.7 Å². The van der Waals surface area contributed by atoms with Gasteiger partial charge >= 0.3 is 0 Å². The maximum Gasteiger partial charge on any atom is 0.252 e. The van der Waals surface area contributed by atoms with Gasteiger partial charge in [-0.05, 0) is 18.1 Å². The van der Waals surface area contributed by atoms with Crippen molar-refractivity contribution < 1.29 is 9.59 Å². The van der Waals surface area contributed by atoms with Crippen LogP contribution in [0.5, 0.6) is 0 Å². The van der Waals surface area contributed by atoms with Gasteiger partial charge in [0.2, 0.25) is 5.91 Å². The summed E-state index contributed by atoms with van der Waals surface area (Å²) < 4.78 is 0. The molecule has 0 saturated carbocycles. The van der Waals surface area contributed by atoms with Crippen molar-refractivity contribution in [2.24, 2.45) is 0 Å². The van der Waals surface area contributed by atoms with Gasteiger partial charge in [0.1, 0.15) is 11.9 Å². The molecular formula is C20H20N4O2. The van der Waals surface area contributed by atoms with Crippen LogP contribution in [0, 0.1) is 6.92 Å². The third kappa shape index (κ3) is 4.57. The Bertz CT molecular complexity index is 859. The van der Waals surface area contributed by atoms with E-state index in [1.807, 2.05) is 61.5 Å². The zero-order valence-corrected chi connectivity index (χ0v) is 14.4. The number of hydrogen-bond donors (Lipinski definition) is 3. The molecule has 0 fully saturated rings. The summed E-state index contributed by atoms with van der Waals surface area (Å²) in [6.07, 6.45) is 1.75. The summed E-state index contributed by atoms with van der Waals surface area (Å²) in [7, 11) is 0. The highest BCUT2D eigenvalue weighted by atomic mass is 16.2. The standard InChI is InChI=1S/C20H20N4O2/c1-14-7-9-15(10-8-14)13-18(25)23-19(16-5-3-2-4-6-16)20(26)22-17-11-12-21-24-17/h2-12,19H,13H2,1H3,(H,23,25)(H2,21,22,24,26). The van der Waals surface area contributed by atoms with Crippen LogP contribution in [-0.2, 0) is 16.0 Å². The van der Waals surface area contributed by atoms with Gasteiger partial charge in [0.15, 0.2) is 0 Å². The molecule has 1 unspecified atom stereocenters. The van der Waals surface area contributed by atoms with Crippen LogP contribution in [0.1, 0.15) is 22.7 Å². The average molecular weight is 348 g/mol. The molecule has 1 aromatic heterocycles. The van der Waals surface area contributed by atoms with E-state index >= 15 is 0 Å². The molecule has 0 bridgehead atoms. The maximum atomic E-state index is 12.7. The SMILES string of the molecule is Cc1ccc(CC(=O)NC(C(=O)Nc2ccn[nH]2)c2ccccc2)cc1. The summed E-state index contributed by atoms with van der Waals surface area (Å²) in [6.45, 7) is 2.00. The van der Waals surface area contributed by atoms with E-state index in [1.54, 1.807) is 12.3 Å². The minimum atomic E-state index is -0.794. The molecule has 0 radical (unpaired) electrons. The number of hydrogen-bond acceptors (Lipinski definition) is 3. The highest BCUT2D eigenvalue weighted by Crippen LogP contribution is 2.16. The van der Waals surface area contributed by atoms with Gasteiger partial charge in [-0.15, -0.1) is 0 Å². The van der Waals surface area contributed by atoms with Crippen LogP contribution in [0.15, 0.2) is 66.9 Å². The molecule has 0 spiro atoms. The number of carbonyl (C=O) groups is 2. The molecule has 3 N–H and O–H groups in total. The number of aryl methyl sites for hydroxylation is 1. The lowest BCUT2D eigenvalue weighted by atomic mass is 10.0. The number of nitrogens with zero attached hydrogens (tertiary/aromatic N) is 1. The topological polar surface area (TPSA) is 86.9 Å². The summed E-state index contributed by atoms with van der Waals surface area (Å²) in [6, 6.07) is 17.7. The molecule has 0 aliphatic rings. The fourth-order valence-electron chi connectivity index (χ4n) is 2.58. The van der Waals surface area contributed by atoms with Crippen LogP contribution in [0.2, 0.25) is 0 Å². The Hall–Kier alpha value is -3.41. The first-order valence-electron chi connectivity index (χ1n) is 8.32. The Labute approximate surface area is 151 Å². The molecule has 1 heterocycles. The first-order valence-corrected chi connectivity index (χ1v) is 8.32. The van der Waals surface area contributed by atoms with Crippen LogP contribution in [0.4, 0.5) is 5.82 Å². The number of aromatic nitrogens is 2. The van der Waals surface area contributed by atoms with Crippen molar-refractivity contribution in [3.63, 3.8) is 0 Å². The monoisotopic (exact) mass is 348 g/mol. The molecule has 3 rings (SSSR count). The number of nitrogens with one attached hydrogen (secondary N) is 3. The van der Waals surface area contributed by atoms with Gasteiger partial charge in [0, 0.05) is 6.07 Å². The quantitative estimate of drug-likeness (QED) is 0.640. The molecule has 6 heteroatoms. The fraction of sp³-hybridized carbons (Fsp3) is 0.150. The molecule has 2 aromatic carbocycles. The van der Waals surface area contributed by atoms with Crippen molar-refractivity contribution in [1.82, 2.24) is 15.5 Å². The highest BCUT2D eigenvalue weighted by molar-refractivity contribution is 5.97.